The van der Waals surface area contributed by atoms with Gasteiger partial charge in [0.15, 0.2) is 0 Å². The third kappa shape index (κ3) is 13.1. The van der Waals surface area contributed by atoms with E-state index >= 15 is 0 Å². The normalized spacial score (nSPS) is 15.0. The fraction of sp³-hybridized carbons (Fsp3) is 0.432. The van der Waals surface area contributed by atoms with Crippen molar-refractivity contribution in [2.75, 3.05) is 0 Å². The van der Waals surface area contributed by atoms with Gasteiger partial charge in [-0.3, -0.25) is 0 Å². The van der Waals surface area contributed by atoms with Crippen molar-refractivity contribution in [3.8, 4) is 77.9 Å². The first-order valence-electron chi connectivity index (χ1n) is 38.6. The highest BCUT2D eigenvalue weighted by Crippen LogP contribution is 2.59. The molecule has 0 amide bonds. The summed E-state index contributed by atoms with van der Waals surface area (Å²) in [6, 6.07) is 73.1. The maximum absolute atomic E-state index is 2.65. The number of rotatable bonds is 33. The van der Waals surface area contributed by atoms with Gasteiger partial charge in [0.1, 0.15) is 0 Å². The van der Waals surface area contributed by atoms with Gasteiger partial charge in [-0.1, -0.05) is 361 Å². The van der Waals surface area contributed by atoms with Crippen LogP contribution in [-0.4, -0.2) is 0 Å². The topological polar surface area (TPSA) is 0 Å². The third-order valence-corrected chi connectivity index (χ3v) is 24.1. The van der Waals surface area contributed by atoms with Gasteiger partial charge < -0.3 is 0 Å². The van der Waals surface area contributed by atoms with E-state index < -0.39 is 0 Å². The van der Waals surface area contributed by atoms with Gasteiger partial charge in [-0.2, -0.15) is 0 Å². The molecule has 0 aromatic heterocycles. The molecule has 9 aromatic rings. The summed E-state index contributed by atoms with van der Waals surface area (Å²) in [4.78, 5) is 0. The molecule has 0 aliphatic heterocycles. The molecule has 4 aliphatic carbocycles. The zero-order valence-electron chi connectivity index (χ0n) is 59.8. The van der Waals surface area contributed by atoms with Gasteiger partial charge in [0.25, 0.3) is 0 Å². The Morgan fingerprint density at radius 1 is 0.211 bits per heavy atom. The third-order valence-electron chi connectivity index (χ3n) is 24.1. The van der Waals surface area contributed by atoms with Gasteiger partial charge in [-0.15, -0.1) is 0 Å². The molecule has 0 fully saturated rings. The lowest BCUT2D eigenvalue weighted by molar-refractivity contribution is 0.398. The molecule has 492 valence electrons. The van der Waals surface area contributed by atoms with Crippen LogP contribution in [0.4, 0.5) is 0 Å². The molecule has 0 bridgehead atoms. The molecule has 0 nitrogen and oxygen atoms in total. The maximum Gasteiger partial charge on any atom is 0.0215 e. The van der Waals surface area contributed by atoms with Crippen LogP contribution in [0.15, 0.2) is 182 Å². The molecule has 0 heteroatoms. The van der Waals surface area contributed by atoms with E-state index in [1.165, 1.54) is 291 Å². The quantitative estimate of drug-likeness (QED) is 0.0360. The van der Waals surface area contributed by atoms with E-state index in [1.54, 1.807) is 22.3 Å². The Labute approximate surface area is 575 Å². The van der Waals surface area contributed by atoms with Gasteiger partial charge in [0.05, 0.1) is 0 Å². The summed E-state index contributed by atoms with van der Waals surface area (Å²) < 4.78 is 0. The average Bonchev–Trinajstić information content (AvgIpc) is 1.59. The molecule has 0 saturated carbocycles. The van der Waals surface area contributed by atoms with Crippen LogP contribution in [0.3, 0.4) is 0 Å². The van der Waals surface area contributed by atoms with Crippen LogP contribution in [0, 0.1) is 0 Å². The van der Waals surface area contributed by atoms with Crippen molar-refractivity contribution in [3.63, 3.8) is 0 Å². The van der Waals surface area contributed by atoms with Crippen molar-refractivity contribution in [3.05, 3.63) is 238 Å². The minimum absolute atomic E-state index is 0.0734. The molecular weight excluding hydrogens is 1140 g/mol. The Hall–Kier alpha value is -7.02. The van der Waals surface area contributed by atoms with Crippen LogP contribution in [0.25, 0.3) is 77.9 Å². The Balaban J connectivity index is 0.712. The Bertz CT molecular complexity index is 4080. The molecule has 0 saturated heterocycles. The Morgan fingerprint density at radius 2 is 0.463 bits per heavy atom. The molecule has 95 heavy (non-hydrogen) atoms. The van der Waals surface area contributed by atoms with Gasteiger partial charge in [-0.25, -0.2) is 0 Å². The van der Waals surface area contributed by atoms with Gasteiger partial charge >= 0.3 is 0 Å². The summed E-state index contributed by atoms with van der Waals surface area (Å²) >= 11 is 0. The lowest BCUT2D eigenvalue weighted by Crippen LogP contribution is -2.25. The Kier molecular flexibility index (Phi) is 20.6. The first kappa shape index (κ1) is 66.6. The molecule has 0 unspecified atom stereocenters. The fourth-order valence-electron chi connectivity index (χ4n) is 18.6. The van der Waals surface area contributed by atoms with Crippen molar-refractivity contribution in [2.45, 2.75) is 263 Å². The number of hydrogen-bond donors (Lipinski definition) is 0. The van der Waals surface area contributed by atoms with Crippen molar-refractivity contribution in [1.82, 2.24) is 0 Å². The lowest BCUT2D eigenvalue weighted by atomic mass is 9.70. The number of fused-ring (bicyclic) bond motifs is 12. The van der Waals surface area contributed by atoms with Crippen molar-refractivity contribution < 1.29 is 0 Å². The summed E-state index contributed by atoms with van der Waals surface area (Å²) in [6.45, 7) is 19.2. The van der Waals surface area contributed by atoms with Gasteiger partial charge in [0.2, 0.25) is 0 Å². The minimum Gasteiger partial charge on any atom is -0.0654 e. The molecule has 0 heterocycles. The number of unbranched alkanes of at least 4 members (excludes halogenated alkanes) is 20. The first-order valence-corrected chi connectivity index (χ1v) is 38.6. The largest absolute Gasteiger partial charge is 0.0654 e. The first-order chi connectivity index (χ1) is 46.4. The highest BCUT2D eigenvalue weighted by Gasteiger charge is 2.45. The second-order valence-electron chi connectivity index (χ2n) is 31.1. The van der Waals surface area contributed by atoms with Crippen LogP contribution in [0.5, 0.6) is 0 Å². The van der Waals surface area contributed by atoms with Gasteiger partial charge in [0, 0.05) is 21.7 Å². The van der Waals surface area contributed by atoms with E-state index in [-0.39, 0.29) is 21.7 Å². The smallest absolute Gasteiger partial charge is 0.0215 e. The molecule has 13 rings (SSSR count). The van der Waals surface area contributed by atoms with E-state index in [0.29, 0.717) is 0 Å². The maximum atomic E-state index is 2.65. The summed E-state index contributed by atoms with van der Waals surface area (Å²) in [5.41, 5.74) is 34.2. The second kappa shape index (κ2) is 29.4. The molecule has 0 spiro atoms. The zero-order valence-corrected chi connectivity index (χ0v) is 59.8. The zero-order chi connectivity index (χ0) is 65.6. The average molecular weight is 1250 g/mol. The Morgan fingerprint density at radius 3 is 0.821 bits per heavy atom. The van der Waals surface area contributed by atoms with Crippen LogP contribution < -0.4 is 0 Å². The van der Waals surface area contributed by atoms with Crippen molar-refractivity contribution >= 4 is 0 Å². The van der Waals surface area contributed by atoms with E-state index in [1.807, 2.05) is 0 Å². The van der Waals surface area contributed by atoms with Crippen LogP contribution >= 0.6 is 0 Å². The predicted molar refractivity (Wildman–Crippen MR) is 412 cm³/mol. The van der Waals surface area contributed by atoms with E-state index in [0.717, 1.165) is 6.42 Å². The highest BCUT2D eigenvalue weighted by molar-refractivity contribution is 5.90. The van der Waals surface area contributed by atoms with Gasteiger partial charge in [-0.05, 0) is 196 Å². The highest BCUT2D eigenvalue weighted by atomic mass is 14.5. The van der Waals surface area contributed by atoms with Crippen LogP contribution in [-0.2, 0) is 28.1 Å². The number of benzene rings is 9. The summed E-state index contributed by atoms with van der Waals surface area (Å²) in [5, 5.41) is 0. The summed E-state index contributed by atoms with van der Waals surface area (Å²) in [5.74, 6) is 0. The molecule has 0 radical (unpaired) electrons. The molecular formula is C95H112. The summed E-state index contributed by atoms with van der Waals surface area (Å²) in [6.07, 6.45) is 38.0. The van der Waals surface area contributed by atoms with Crippen molar-refractivity contribution in [2.24, 2.45) is 0 Å². The van der Waals surface area contributed by atoms with E-state index in [9.17, 15) is 0 Å². The van der Waals surface area contributed by atoms with Crippen LogP contribution in [0.2, 0.25) is 0 Å². The van der Waals surface area contributed by atoms with Crippen LogP contribution in [0.1, 0.15) is 291 Å². The minimum atomic E-state index is -0.132. The fourth-order valence-corrected chi connectivity index (χ4v) is 18.6. The van der Waals surface area contributed by atoms with Crippen molar-refractivity contribution in [1.29, 1.82) is 0 Å². The predicted octanol–water partition coefficient (Wildman–Crippen LogP) is 28.4. The van der Waals surface area contributed by atoms with E-state index in [2.05, 4.69) is 237 Å². The number of hydrogen-bond acceptors (Lipinski definition) is 0. The summed E-state index contributed by atoms with van der Waals surface area (Å²) in [7, 11) is 0. The molecule has 4 aliphatic rings. The van der Waals surface area contributed by atoms with E-state index in [4.69, 9.17) is 0 Å². The second-order valence-corrected chi connectivity index (χ2v) is 31.1. The molecule has 9 aromatic carbocycles. The molecule has 0 N–H and O–H groups in total. The monoisotopic (exact) mass is 1250 g/mol. The SMILES string of the molecule is CCCCCCCCC1(CCCCCCCC)c2ccccc2-c2ccc(-c3ccc4c(c3)C(C)(C)c3cc(Cc5ccc(-c6ccc7c(c6)C(C)(C)c6cc(-c8ccc9c(c8)C(CCCCCCCC)(CCCCCCCC)c8ccccc8-9)ccc6-7)cc5)ccc3-4)cc21. The lowest BCUT2D eigenvalue weighted by Gasteiger charge is -2.33. The molecule has 0 atom stereocenters. The standard InChI is InChI=1S/C95H112/c1-9-13-17-21-25-33-57-94(58-34-26-22-18-14-10-2)84-39-31-29-37-76(84)82-55-49-74(66-90(82)94)72-47-53-79-78-51-43-69(62-86(78)92(5,6)88(79)64-72)61-68-41-44-70(45-42-68)71-46-52-80-81-54-48-73(65-89(81)93(7,8)87(80)63-71)75-50-56-83-77-38-30-32-40-85(77)95(91(83)67-75,59-35-27-23-19-15-11-3)60-36-28-24-20-16-12-4/h29-32,37-56,62-67H,9-28,33-36,57-61H2,1-8H3.